The quantitative estimate of drug-likeness (QED) is 0.599. The minimum atomic E-state index is -1.75. The molecular formula is C18H18N2O5. The van der Waals surface area contributed by atoms with E-state index in [0.717, 1.165) is 4.90 Å². The standard InChI is InChI=1S/C18H18N2O5/c1-17(2)8-11(21)18(12(22)9-17)13-14(25-19-18)16(24)20(15(13)23)10-6-4-3-5-7-10/h3-7,13-14,19H,8-9H2,1-2H3/t13-,14+/m1/s1. The number of anilines is 1. The molecule has 0 bridgehead atoms. The minimum absolute atomic E-state index is 0.144. The van der Waals surface area contributed by atoms with Crippen LogP contribution in [0.4, 0.5) is 5.69 Å². The molecule has 2 amide bonds. The van der Waals surface area contributed by atoms with Crippen LogP contribution in [0.2, 0.25) is 0 Å². The average Bonchev–Trinajstić information content (AvgIpc) is 3.05. The lowest BCUT2D eigenvalue weighted by molar-refractivity contribution is -0.150. The average molecular weight is 342 g/mol. The number of fused-ring (bicyclic) bond motifs is 2. The highest BCUT2D eigenvalue weighted by molar-refractivity contribution is 6.29. The minimum Gasteiger partial charge on any atom is -0.297 e. The zero-order valence-corrected chi connectivity index (χ0v) is 13.9. The number of amides is 2. The van der Waals surface area contributed by atoms with Crippen LogP contribution in [0.1, 0.15) is 26.7 Å². The van der Waals surface area contributed by atoms with Crippen molar-refractivity contribution in [3.63, 3.8) is 0 Å². The first-order chi connectivity index (χ1) is 11.8. The lowest BCUT2D eigenvalue weighted by Gasteiger charge is -2.39. The Bertz CT molecular complexity index is 781. The molecule has 1 aliphatic carbocycles. The molecule has 1 aromatic carbocycles. The molecule has 1 aromatic rings. The monoisotopic (exact) mass is 342 g/mol. The van der Waals surface area contributed by atoms with Crippen molar-refractivity contribution in [3.05, 3.63) is 30.3 Å². The van der Waals surface area contributed by atoms with Crippen molar-refractivity contribution in [1.29, 1.82) is 0 Å². The normalized spacial score (nSPS) is 30.2. The summed E-state index contributed by atoms with van der Waals surface area (Å²) in [5.41, 5.74) is 0.659. The smallest absolute Gasteiger partial charge is 0.265 e. The first-order valence-corrected chi connectivity index (χ1v) is 8.20. The fourth-order valence-electron chi connectivity index (χ4n) is 4.06. The van der Waals surface area contributed by atoms with Gasteiger partial charge in [-0.15, -0.1) is 0 Å². The van der Waals surface area contributed by atoms with Crippen LogP contribution in [0.25, 0.3) is 0 Å². The Hall–Kier alpha value is -2.38. The van der Waals surface area contributed by atoms with Gasteiger partial charge in [0, 0.05) is 12.8 Å². The van der Waals surface area contributed by atoms with Crippen molar-refractivity contribution in [1.82, 2.24) is 5.48 Å². The van der Waals surface area contributed by atoms with Crippen molar-refractivity contribution >= 4 is 29.1 Å². The Labute approximate surface area is 144 Å². The first-order valence-electron chi connectivity index (χ1n) is 8.20. The molecule has 0 unspecified atom stereocenters. The first kappa shape index (κ1) is 16.1. The fourth-order valence-corrected chi connectivity index (χ4v) is 4.06. The largest absolute Gasteiger partial charge is 0.297 e. The molecule has 3 fully saturated rings. The number of hydrogen-bond acceptors (Lipinski definition) is 6. The van der Waals surface area contributed by atoms with Gasteiger partial charge in [-0.25, -0.2) is 4.90 Å². The van der Waals surface area contributed by atoms with Gasteiger partial charge in [0.1, 0.15) is 5.92 Å². The Morgan fingerprint density at radius 2 is 1.60 bits per heavy atom. The number of benzene rings is 1. The maximum Gasteiger partial charge on any atom is 0.265 e. The Morgan fingerprint density at radius 1 is 1.00 bits per heavy atom. The number of Topliss-reactive ketones (excluding diaryl/α,β-unsaturated/α-hetero) is 2. The summed E-state index contributed by atoms with van der Waals surface area (Å²) >= 11 is 0. The summed E-state index contributed by atoms with van der Waals surface area (Å²) in [5.74, 6) is -3.07. The zero-order chi connectivity index (χ0) is 18.0. The molecule has 7 heteroatoms. The molecule has 2 heterocycles. The number of nitrogens with zero attached hydrogens (tertiary/aromatic N) is 1. The van der Waals surface area contributed by atoms with Crippen molar-refractivity contribution in [2.45, 2.75) is 38.3 Å². The number of carbonyl (C=O) groups excluding carboxylic acids is 4. The van der Waals surface area contributed by atoms with Crippen LogP contribution in [-0.2, 0) is 24.0 Å². The van der Waals surface area contributed by atoms with Crippen molar-refractivity contribution in [3.8, 4) is 0 Å². The van der Waals surface area contributed by atoms with Gasteiger partial charge >= 0.3 is 0 Å². The summed E-state index contributed by atoms with van der Waals surface area (Å²) in [6, 6.07) is 8.44. The molecule has 1 spiro atoms. The number of para-hydroxylation sites is 1. The van der Waals surface area contributed by atoms with Gasteiger partial charge in [0.25, 0.3) is 5.91 Å². The highest BCUT2D eigenvalue weighted by Crippen LogP contribution is 2.46. The topological polar surface area (TPSA) is 92.8 Å². The molecule has 1 saturated carbocycles. The molecule has 7 nitrogen and oxygen atoms in total. The van der Waals surface area contributed by atoms with Gasteiger partial charge in [-0.05, 0) is 17.5 Å². The summed E-state index contributed by atoms with van der Waals surface area (Å²) in [4.78, 5) is 57.7. The molecule has 25 heavy (non-hydrogen) atoms. The van der Waals surface area contributed by atoms with E-state index in [1.165, 1.54) is 0 Å². The van der Waals surface area contributed by atoms with Crippen LogP contribution in [-0.4, -0.2) is 35.0 Å². The number of carbonyl (C=O) groups is 4. The van der Waals surface area contributed by atoms with Gasteiger partial charge in [0.15, 0.2) is 23.2 Å². The summed E-state index contributed by atoms with van der Waals surface area (Å²) < 4.78 is 0. The van der Waals surface area contributed by atoms with Crippen LogP contribution < -0.4 is 10.4 Å². The zero-order valence-electron chi connectivity index (χ0n) is 13.9. The molecular weight excluding hydrogens is 324 g/mol. The number of ketones is 2. The number of nitrogens with one attached hydrogen (secondary N) is 1. The molecule has 0 aromatic heterocycles. The summed E-state index contributed by atoms with van der Waals surface area (Å²) in [6.07, 6.45) is -0.877. The van der Waals surface area contributed by atoms with Crippen LogP contribution in [0.5, 0.6) is 0 Å². The predicted molar refractivity (Wildman–Crippen MR) is 86.2 cm³/mol. The SMILES string of the molecule is CC1(C)CC(=O)C2(NO[C@@H]3C(=O)N(c4ccccc4)C(=O)[C@@H]32)C(=O)C1. The van der Waals surface area contributed by atoms with E-state index in [1.807, 2.05) is 13.8 Å². The second kappa shape index (κ2) is 5.06. The van der Waals surface area contributed by atoms with Crippen molar-refractivity contribution in [2.24, 2.45) is 11.3 Å². The number of hydroxylamine groups is 1. The number of imide groups is 1. The van der Waals surface area contributed by atoms with Crippen LogP contribution in [0.3, 0.4) is 0 Å². The van der Waals surface area contributed by atoms with Crippen molar-refractivity contribution < 1.29 is 24.0 Å². The van der Waals surface area contributed by atoms with Crippen LogP contribution in [0, 0.1) is 11.3 Å². The van der Waals surface area contributed by atoms with Gasteiger partial charge in [-0.1, -0.05) is 32.0 Å². The summed E-state index contributed by atoms with van der Waals surface area (Å²) in [7, 11) is 0. The highest BCUT2D eigenvalue weighted by Gasteiger charge is 2.70. The van der Waals surface area contributed by atoms with Gasteiger partial charge < -0.3 is 0 Å². The molecule has 2 atom stereocenters. The summed E-state index contributed by atoms with van der Waals surface area (Å²) in [6.45, 7) is 3.67. The molecule has 1 N–H and O–H groups in total. The van der Waals surface area contributed by atoms with E-state index in [4.69, 9.17) is 4.84 Å². The fraction of sp³-hybridized carbons (Fsp3) is 0.444. The number of rotatable bonds is 1. The number of hydrogen-bond donors (Lipinski definition) is 1. The summed E-state index contributed by atoms with van der Waals surface area (Å²) in [5, 5.41) is 0. The van der Waals surface area contributed by atoms with E-state index in [-0.39, 0.29) is 12.8 Å². The highest BCUT2D eigenvalue weighted by atomic mass is 16.7. The third-order valence-electron chi connectivity index (χ3n) is 5.24. The third kappa shape index (κ3) is 2.06. The van der Waals surface area contributed by atoms with Crippen LogP contribution >= 0.6 is 0 Å². The van der Waals surface area contributed by atoms with Crippen LogP contribution in [0.15, 0.2) is 30.3 Å². The van der Waals surface area contributed by atoms with Gasteiger partial charge in [-0.3, -0.25) is 24.0 Å². The molecule has 3 aliphatic rings. The third-order valence-corrected chi connectivity index (χ3v) is 5.24. The lowest BCUT2D eigenvalue weighted by Crippen LogP contribution is -2.64. The second-order valence-electron chi connectivity index (χ2n) is 7.64. The molecule has 2 saturated heterocycles. The Kier molecular flexibility index (Phi) is 3.26. The molecule has 0 radical (unpaired) electrons. The van der Waals surface area contributed by atoms with E-state index in [9.17, 15) is 19.2 Å². The molecule has 4 rings (SSSR count). The lowest BCUT2D eigenvalue weighted by atomic mass is 9.63. The maximum absolute atomic E-state index is 13.0. The predicted octanol–water partition coefficient (Wildman–Crippen LogP) is 0.776. The van der Waals surface area contributed by atoms with E-state index >= 15 is 0 Å². The van der Waals surface area contributed by atoms with E-state index in [1.54, 1.807) is 30.3 Å². The van der Waals surface area contributed by atoms with E-state index < -0.39 is 46.4 Å². The molecule has 2 aliphatic heterocycles. The Morgan fingerprint density at radius 3 is 2.20 bits per heavy atom. The maximum atomic E-state index is 13.0. The van der Waals surface area contributed by atoms with Gasteiger partial charge in [0.2, 0.25) is 5.91 Å². The Balaban J connectivity index is 1.76. The molecule has 130 valence electrons. The second-order valence-corrected chi connectivity index (χ2v) is 7.64. The van der Waals surface area contributed by atoms with E-state index in [2.05, 4.69) is 5.48 Å². The van der Waals surface area contributed by atoms with Gasteiger partial charge in [-0.2, -0.15) is 5.48 Å². The van der Waals surface area contributed by atoms with E-state index in [0.29, 0.717) is 5.69 Å². The van der Waals surface area contributed by atoms with Gasteiger partial charge in [0.05, 0.1) is 5.69 Å². The van der Waals surface area contributed by atoms with Crippen molar-refractivity contribution in [2.75, 3.05) is 4.90 Å².